The fraction of sp³-hybridized carbons (Fsp3) is 0.385. The average Bonchev–Trinajstić information content (AvgIpc) is 2.34. The van der Waals surface area contributed by atoms with Crippen molar-refractivity contribution >= 4 is 11.9 Å². The Kier molecular flexibility index (Phi) is 5.70. The second-order valence-electron chi connectivity index (χ2n) is 4.08. The maximum atomic E-state index is 7.82. The van der Waals surface area contributed by atoms with E-state index in [0.717, 1.165) is 25.9 Å². The summed E-state index contributed by atoms with van der Waals surface area (Å²) in [5, 5.41) is 7.82. The summed E-state index contributed by atoms with van der Waals surface area (Å²) in [6.45, 7) is 3.59. The predicted octanol–water partition coefficient (Wildman–Crippen LogP) is 1.15. The second-order valence-corrected chi connectivity index (χ2v) is 4.08. The number of benzene rings is 1. The van der Waals surface area contributed by atoms with Gasteiger partial charge < -0.3 is 16.4 Å². The predicted molar refractivity (Wildman–Crippen MR) is 75.5 cm³/mol. The number of hydrogen-bond donors (Lipinski definition) is 3. The van der Waals surface area contributed by atoms with Crippen LogP contribution in [0.1, 0.15) is 18.9 Å². The van der Waals surface area contributed by atoms with Crippen molar-refractivity contribution in [2.24, 2.45) is 16.5 Å². The lowest BCUT2D eigenvalue weighted by molar-refractivity contribution is 0.415. The molecule has 5 heteroatoms. The molecule has 0 spiro atoms. The minimum atomic E-state index is -0.0687. The van der Waals surface area contributed by atoms with Gasteiger partial charge in [-0.3, -0.25) is 5.41 Å². The van der Waals surface area contributed by atoms with Crippen molar-refractivity contribution in [2.45, 2.75) is 19.8 Å². The van der Waals surface area contributed by atoms with Crippen LogP contribution in [0.2, 0.25) is 0 Å². The molecule has 0 fully saturated rings. The van der Waals surface area contributed by atoms with Gasteiger partial charge >= 0.3 is 0 Å². The Hall–Kier alpha value is -2.04. The topological polar surface area (TPSA) is 91.5 Å². The lowest BCUT2D eigenvalue weighted by Crippen LogP contribution is -2.35. The van der Waals surface area contributed by atoms with Crippen LogP contribution < -0.4 is 11.5 Å². The van der Waals surface area contributed by atoms with E-state index < -0.39 is 0 Å². The molecule has 0 aliphatic heterocycles. The highest BCUT2D eigenvalue weighted by molar-refractivity contribution is 5.91. The fourth-order valence-electron chi connectivity index (χ4n) is 1.70. The molecular formula is C13H21N5. The maximum absolute atomic E-state index is 7.82. The van der Waals surface area contributed by atoms with Crippen molar-refractivity contribution in [1.82, 2.24) is 4.90 Å². The number of aliphatic imine (C=N–C) groups is 1. The molecule has 0 aliphatic rings. The number of nitrogens with two attached hydrogens (primary N) is 2. The molecule has 1 aromatic rings. The molecule has 5 N–H and O–H groups in total. The fourth-order valence-corrected chi connectivity index (χ4v) is 1.70. The monoisotopic (exact) mass is 247 g/mol. The van der Waals surface area contributed by atoms with Crippen molar-refractivity contribution in [3.8, 4) is 0 Å². The molecule has 18 heavy (non-hydrogen) atoms. The molecule has 1 aromatic carbocycles. The third-order valence-corrected chi connectivity index (χ3v) is 2.54. The molecule has 0 radical (unpaired) electrons. The van der Waals surface area contributed by atoms with Gasteiger partial charge in [-0.25, -0.2) is 0 Å². The molecular weight excluding hydrogens is 226 g/mol. The lowest BCUT2D eigenvalue weighted by atomic mass is 10.1. The van der Waals surface area contributed by atoms with Crippen LogP contribution in [0.4, 0.5) is 0 Å². The first-order chi connectivity index (χ1) is 8.63. The first-order valence-electron chi connectivity index (χ1n) is 6.10. The summed E-state index contributed by atoms with van der Waals surface area (Å²) >= 11 is 0. The average molecular weight is 247 g/mol. The summed E-state index contributed by atoms with van der Waals surface area (Å²) in [6, 6.07) is 10.2. The van der Waals surface area contributed by atoms with Crippen LogP contribution in [0.5, 0.6) is 0 Å². The Balaban J connectivity index is 2.58. The number of nitrogens with zero attached hydrogens (tertiary/aromatic N) is 2. The molecule has 0 saturated heterocycles. The summed E-state index contributed by atoms with van der Waals surface area (Å²) in [4.78, 5) is 5.67. The molecule has 0 saturated carbocycles. The Morgan fingerprint density at radius 1 is 1.22 bits per heavy atom. The van der Waals surface area contributed by atoms with Gasteiger partial charge in [0.05, 0.1) is 0 Å². The van der Waals surface area contributed by atoms with Gasteiger partial charge in [0.2, 0.25) is 5.96 Å². The lowest BCUT2D eigenvalue weighted by Gasteiger charge is -2.22. The number of nitrogens with one attached hydrogen (secondary N) is 1. The van der Waals surface area contributed by atoms with Crippen LogP contribution in [0.25, 0.3) is 0 Å². The quantitative estimate of drug-likeness (QED) is 0.538. The van der Waals surface area contributed by atoms with Crippen molar-refractivity contribution in [3.63, 3.8) is 0 Å². The van der Waals surface area contributed by atoms with Gasteiger partial charge in [-0.1, -0.05) is 37.3 Å². The van der Waals surface area contributed by atoms with Gasteiger partial charge in [0, 0.05) is 13.1 Å². The minimum Gasteiger partial charge on any atom is -0.370 e. The van der Waals surface area contributed by atoms with Gasteiger partial charge in [0.15, 0.2) is 5.96 Å². The van der Waals surface area contributed by atoms with Crippen LogP contribution in [0.15, 0.2) is 35.3 Å². The molecule has 1 rings (SSSR count). The zero-order valence-electron chi connectivity index (χ0n) is 10.8. The van der Waals surface area contributed by atoms with E-state index in [0.29, 0.717) is 0 Å². The van der Waals surface area contributed by atoms with Crippen molar-refractivity contribution < 1.29 is 0 Å². The standard InChI is InChI=1S/C13H21N5/c1-2-9-18(13(16)17-12(14)15)10-8-11-6-4-3-5-7-11/h3-7H,2,8-10H2,1H3,(H5,14,15,16,17). The summed E-state index contributed by atoms with van der Waals surface area (Å²) in [7, 11) is 0. The number of hydrogen-bond acceptors (Lipinski definition) is 1. The highest BCUT2D eigenvalue weighted by Gasteiger charge is 2.08. The molecule has 0 aromatic heterocycles. The minimum absolute atomic E-state index is 0.0687. The smallest absolute Gasteiger partial charge is 0.221 e. The highest BCUT2D eigenvalue weighted by atomic mass is 15.3. The van der Waals surface area contributed by atoms with Gasteiger partial charge in [-0.05, 0) is 18.4 Å². The Morgan fingerprint density at radius 2 is 1.89 bits per heavy atom. The Bertz CT molecular complexity index is 395. The molecule has 0 aliphatic carbocycles. The van der Waals surface area contributed by atoms with Gasteiger partial charge in [-0.2, -0.15) is 4.99 Å². The normalized spacial score (nSPS) is 9.83. The maximum Gasteiger partial charge on any atom is 0.221 e. The van der Waals surface area contributed by atoms with Crippen LogP contribution in [-0.2, 0) is 6.42 Å². The van der Waals surface area contributed by atoms with E-state index in [1.54, 1.807) is 0 Å². The van der Waals surface area contributed by atoms with E-state index >= 15 is 0 Å². The zero-order chi connectivity index (χ0) is 13.4. The van der Waals surface area contributed by atoms with E-state index in [2.05, 4.69) is 24.0 Å². The summed E-state index contributed by atoms with van der Waals surface area (Å²) in [5.41, 5.74) is 11.8. The number of rotatable bonds is 5. The van der Waals surface area contributed by atoms with E-state index in [1.165, 1.54) is 5.56 Å². The van der Waals surface area contributed by atoms with Gasteiger partial charge in [0.25, 0.3) is 0 Å². The first kappa shape index (κ1) is 14.0. The van der Waals surface area contributed by atoms with Gasteiger partial charge in [-0.15, -0.1) is 0 Å². The van der Waals surface area contributed by atoms with Crippen LogP contribution >= 0.6 is 0 Å². The van der Waals surface area contributed by atoms with Crippen molar-refractivity contribution in [3.05, 3.63) is 35.9 Å². The van der Waals surface area contributed by atoms with Crippen LogP contribution in [0, 0.1) is 5.41 Å². The Morgan fingerprint density at radius 3 is 2.44 bits per heavy atom. The Labute approximate surface area is 108 Å². The summed E-state index contributed by atoms with van der Waals surface area (Å²) < 4.78 is 0. The highest BCUT2D eigenvalue weighted by Crippen LogP contribution is 2.03. The van der Waals surface area contributed by atoms with E-state index in [-0.39, 0.29) is 11.9 Å². The van der Waals surface area contributed by atoms with Crippen molar-refractivity contribution in [2.75, 3.05) is 13.1 Å². The van der Waals surface area contributed by atoms with Crippen LogP contribution in [-0.4, -0.2) is 29.9 Å². The third kappa shape index (κ3) is 4.86. The molecule has 0 bridgehead atoms. The molecule has 0 heterocycles. The largest absolute Gasteiger partial charge is 0.370 e. The van der Waals surface area contributed by atoms with Crippen LogP contribution in [0.3, 0.4) is 0 Å². The molecule has 0 unspecified atom stereocenters. The molecule has 98 valence electrons. The summed E-state index contributed by atoms with van der Waals surface area (Å²) in [5.74, 6) is 0.0635. The third-order valence-electron chi connectivity index (χ3n) is 2.54. The van der Waals surface area contributed by atoms with E-state index in [9.17, 15) is 0 Å². The van der Waals surface area contributed by atoms with E-state index in [4.69, 9.17) is 16.9 Å². The SMILES string of the molecule is CCCN(CCc1ccccc1)C(=N)N=C(N)N. The second kappa shape index (κ2) is 7.32. The zero-order valence-corrected chi connectivity index (χ0v) is 10.8. The van der Waals surface area contributed by atoms with Gasteiger partial charge in [0.1, 0.15) is 0 Å². The number of guanidine groups is 2. The van der Waals surface area contributed by atoms with E-state index in [1.807, 2.05) is 23.1 Å². The summed E-state index contributed by atoms with van der Waals surface area (Å²) in [6.07, 6.45) is 1.83. The molecule has 5 nitrogen and oxygen atoms in total. The molecule has 0 atom stereocenters. The van der Waals surface area contributed by atoms with Crippen molar-refractivity contribution in [1.29, 1.82) is 5.41 Å². The molecule has 0 amide bonds. The first-order valence-corrected chi connectivity index (χ1v) is 6.10.